The van der Waals surface area contributed by atoms with Gasteiger partial charge < -0.3 is 4.74 Å². The highest BCUT2D eigenvalue weighted by Crippen LogP contribution is 2.22. The van der Waals surface area contributed by atoms with Crippen molar-refractivity contribution in [3.63, 3.8) is 0 Å². The minimum atomic E-state index is -0.106. The topological polar surface area (TPSA) is 44.1 Å². The first-order valence-corrected chi connectivity index (χ1v) is 9.51. The van der Waals surface area contributed by atoms with Crippen LogP contribution in [0, 0.1) is 0 Å². The van der Waals surface area contributed by atoms with E-state index in [1.165, 1.54) is 0 Å². The summed E-state index contributed by atoms with van der Waals surface area (Å²) in [5.41, 5.74) is 1.37. The van der Waals surface area contributed by atoms with Crippen LogP contribution in [0.3, 0.4) is 0 Å². The normalized spacial score (nSPS) is 10.9. The molecule has 4 nitrogen and oxygen atoms in total. The van der Waals surface area contributed by atoms with Crippen molar-refractivity contribution < 1.29 is 4.74 Å². The first-order chi connectivity index (χ1) is 13.6. The van der Waals surface area contributed by atoms with E-state index in [9.17, 15) is 4.79 Å². The predicted octanol–water partition coefficient (Wildman–Crippen LogP) is 5.45. The third-order valence-electron chi connectivity index (χ3n) is 4.34. The lowest BCUT2D eigenvalue weighted by Gasteiger charge is -2.14. The summed E-state index contributed by atoms with van der Waals surface area (Å²) in [4.78, 5) is 17.8. The zero-order valence-corrected chi connectivity index (χ0v) is 16.3. The van der Waals surface area contributed by atoms with Crippen LogP contribution >= 0.6 is 23.2 Å². The Bertz CT molecular complexity index is 1190. The number of fused-ring (bicyclic) bond motifs is 1. The van der Waals surface area contributed by atoms with Gasteiger partial charge in [0.1, 0.15) is 18.2 Å². The fraction of sp³-hybridized carbons (Fsp3) is 0.0909. The molecule has 0 aliphatic heterocycles. The van der Waals surface area contributed by atoms with Crippen LogP contribution in [0.25, 0.3) is 22.3 Å². The van der Waals surface area contributed by atoms with Crippen LogP contribution in [0.4, 0.5) is 0 Å². The van der Waals surface area contributed by atoms with Gasteiger partial charge in [-0.2, -0.15) is 0 Å². The second-order valence-electron chi connectivity index (χ2n) is 6.22. The van der Waals surface area contributed by atoms with E-state index < -0.39 is 0 Å². The number of nitrogens with zero attached hydrogens (tertiary/aromatic N) is 2. The molecule has 0 bridgehead atoms. The van der Waals surface area contributed by atoms with Crippen molar-refractivity contribution in [3.8, 4) is 17.1 Å². The second kappa shape index (κ2) is 8.05. The lowest BCUT2D eigenvalue weighted by Crippen LogP contribution is -2.26. The molecule has 0 saturated heterocycles. The Labute approximate surface area is 171 Å². The number of rotatable bonds is 5. The number of hydrogen-bond donors (Lipinski definition) is 0. The average Bonchev–Trinajstić information content (AvgIpc) is 2.70. The van der Waals surface area contributed by atoms with Crippen LogP contribution in [0.15, 0.2) is 77.6 Å². The Morgan fingerprint density at radius 1 is 0.893 bits per heavy atom. The van der Waals surface area contributed by atoms with Crippen LogP contribution in [0.5, 0.6) is 5.75 Å². The zero-order chi connectivity index (χ0) is 19.5. The van der Waals surface area contributed by atoms with Gasteiger partial charge in [-0.15, -0.1) is 0 Å². The molecular weight excluding hydrogens is 395 g/mol. The third-order valence-corrected chi connectivity index (χ3v) is 4.83. The van der Waals surface area contributed by atoms with E-state index in [0.717, 1.165) is 5.56 Å². The lowest BCUT2D eigenvalue weighted by atomic mass is 10.2. The van der Waals surface area contributed by atoms with E-state index in [-0.39, 0.29) is 5.56 Å². The largest absolute Gasteiger partial charge is 0.492 e. The fourth-order valence-electron chi connectivity index (χ4n) is 3.01. The monoisotopic (exact) mass is 410 g/mol. The molecular formula is C22H16Cl2N2O2. The molecule has 3 aromatic carbocycles. The van der Waals surface area contributed by atoms with E-state index in [1.54, 1.807) is 34.9 Å². The third kappa shape index (κ3) is 3.88. The fourth-order valence-corrected chi connectivity index (χ4v) is 3.31. The summed E-state index contributed by atoms with van der Waals surface area (Å²) in [6.45, 7) is 0.655. The number of aromatic nitrogens is 2. The van der Waals surface area contributed by atoms with Crippen LogP contribution in [-0.4, -0.2) is 16.2 Å². The number of para-hydroxylation sites is 1. The summed E-state index contributed by atoms with van der Waals surface area (Å²) in [6.07, 6.45) is 0. The van der Waals surface area contributed by atoms with Crippen LogP contribution < -0.4 is 10.3 Å². The van der Waals surface area contributed by atoms with Crippen molar-refractivity contribution in [2.75, 3.05) is 6.61 Å². The molecule has 0 amide bonds. The van der Waals surface area contributed by atoms with Crippen molar-refractivity contribution >= 4 is 34.1 Å². The van der Waals surface area contributed by atoms with Gasteiger partial charge in [-0.3, -0.25) is 9.36 Å². The van der Waals surface area contributed by atoms with Gasteiger partial charge in [0.2, 0.25) is 0 Å². The average molecular weight is 411 g/mol. The predicted molar refractivity (Wildman–Crippen MR) is 113 cm³/mol. The lowest BCUT2D eigenvalue weighted by molar-refractivity contribution is 0.297. The maximum Gasteiger partial charge on any atom is 0.261 e. The van der Waals surface area contributed by atoms with Gasteiger partial charge >= 0.3 is 0 Å². The number of halogens is 2. The first kappa shape index (κ1) is 18.5. The van der Waals surface area contributed by atoms with Crippen molar-refractivity contribution in [2.24, 2.45) is 0 Å². The number of benzene rings is 3. The van der Waals surface area contributed by atoms with E-state index in [4.69, 9.17) is 32.9 Å². The first-order valence-electron chi connectivity index (χ1n) is 8.76. The van der Waals surface area contributed by atoms with E-state index in [2.05, 4.69) is 0 Å². The zero-order valence-electron chi connectivity index (χ0n) is 14.8. The molecule has 0 aliphatic rings. The van der Waals surface area contributed by atoms with Crippen molar-refractivity contribution in [3.05, 3.63) is 93.2 Å². The second-order valence-corrected chi connectivity index (χ2v) is 7.09. The molecule has 0 atom stereocenters. The standard InChI is InChI=1S/C22H16Cl2N2O2/c23-16-10-8-15(9-11-16)21-25-20-7-2-1-6-19(20)22(27)26(21)12-13-28-18-5-3-4-17(24)14-18/h1-11,14H,12-13H2. The number of ether oxygens (including phenoxy) is 1. The van der Waals surface area contributed by atoms with Gasteiger partial charge in [0.25, 0.3) is 5.56 Å². The Kier molecular flexibility index (Phi) is 5.33. The molecule has 0 unspecified atom stereocenters. The molecule has 0 radical (unpaired) electrons. The molecule has 0 N–H and O–H groups in total. The minimum Gasteiger partial charge on any atom is -0.492 e. The quantitative estimate of drug-likeness (QED) is 0.439. The number of hydrogen-bond acceptors (Lipinski definition) is 3. The highest BCUT2D eigenvalue weighted by Gasteiger charge is 2.13. The molecule has 4 rings (SSSR count). The van der Waals surface area contributed by atoms with Crippen molar-refractivity contribution in [1.82, 2.24) is 9.55 Å². The summed E-state index contributed by atoms with van der Waals surface area (Å²) in [6, 6.07) is 21.8. The SMILES string of the molecule is O=c1c2ccccc2nc(-c2ccc(Cl)cc2)n1CCOc1cccc(Cl)c1. The molecule has 0 spiro atoms. The molecule has 28 heavy (non-hydrogen) atoms. The molecule has 0 aliphatic carbocycles. The molecule has 6 heteroatoms. The van der Waals surface area contributed by atoms with Gasteiger partial charge in [0.15, 0.2) is 0 Å². The van der Waals surface area contributed by atoms with Crippen molar-refractivity contribution in [2.45, 2.75) is 6.54 Å². The van der Waals surface area contributed by atoms with E-state index >= 15 is 0 Å². The summed E-state index contributed by atoms with van der Waals surface area (Å²) in [7, 11) is 0. The van der Waals surface area contributed by atoms with Gasteiger partial charge in [-0.1, -0.05) is 41.4 Å². The molecule has 1 aromatic heterocycles. The molecule has 140 valence electrons. The maximum absolute atomic E-state index is 13.1. The van der Waals surface area contributed by atoms with E-state index in [1.807, 2.05) is 42.5 Å². The maximum atomic E-state index is 13.1. The summed E-state index contributed by atoms with van der Waals surface area (Å²) >= 11 is 12.0. The Hall–Kier alpha value is -2.82. The highest BCUT2D eigenvalue weighted by atomic mass is 35.5. The summed E-state index contributed by atoms with van der Waals surface area (Å²) in [5, 5.41) is 1.80. The highest BCUT2D eigenvalue weighted by molar-refractivity contribution is 6.30. The molecule has 1 heterocycles. The molecule has 4 aromatic rings. The van der Waals surface area contributed by atoms with Gasteiger partial charge in [-0.05, 0) is 54.6 Å². The molecule has 0 saturated carbocycles. The smallest absolute Gasteiger partial charge is 0.261 e. The van der Waals surface area contributed by atoms with Crippen molar-refractivity contribution in [1.29, 1.82) is 0 Å². The Morgan fingerprint density at radius 3 is 2.46 bits per heavy atom. The Morgan fingerprint density at radius 2 is 1.68 bits per heavy atom. The van der Waals surface area contributed by atoms with E-state index in [0.29, 0.717) is 45.7 Å². The van der Waals surface area contributed by atoms with Crippen LogP contribution in [0.1, 0.15) is 0 Å². The minimum absolute atomic E-state index is 0.106. The summed E-state index contributed by atoms with van der Waals surface area (Å²) < 4.78 is 7.41. The van der Waals surface area contributed by atoms with Gasteiger partial charge in [0.05, 0.1) is 17.4 Å². The van der Waals surface area contributed by atoms with Gasteiger partial charge in [-0.25, -0.2) is 4.98 Å². The van der Waals surface area contributed by atoms with Gasteiger partial charge in [0, 0.05) is 15.6 Å². The van der Waals surface area contributed by atoms with Crippen LogP contribution in [-0.2, 0) is 6.54 Å². The molecule has 0 fully saturated rings. The summed E-state index contributed by atoms with van der Waals surface area (Å²) in [5.74, 6) is 1.23. The Balaban J connectivity index is 1.72. The van der Waals surface area contributed by atoms with Crippen LogP contribution in [0.2, 0.25) is 10.0 Å².